The molecule has 0 bridgehead atoms. The van der Waals surface area contributed by atoms with Crippen LogP contribution in [0.25, 0.3) is 0 Å². The van der Waals surface area contributed by atoms with E-state index in [-0.39, 0.29) is 24.4 Å². The first kappa shape index (κ1) is 14.6. The molecule has 2 aromatic rings. The van der Waals surface area contributed by atoms with E-state index in [4.69, 9.17) is 9.52 Å². The zero-order valence-electron chi connectivity index (χ0n) is 11.4. The largest absolute Gasteiger partial charge is 0.475 e. The van der Waals surface area contributed by atoms with Gasteiger partial charge in [-0.1, -0.05) is 0 Å². The summed E-state index contributed by atoms with van der Waals surface area (Å²) < 4.78 is 6.75. The monoisotopic (exact) mass is 292 g/mol. The Kier molecular flexibility index (Phi) is 4.60. The highest BCUT2D eigenvalue weighted by molar-refractivity contribution is 5.84. The van der Waals surface area contributed by atoms with E-state index in [2.05, 4.69) is 15.7 Å². The lowest BCUT2D eigenvalue weighted by Crippen LogP contribution is -2.42. The second-order valence-electron chi connectivity index (χ2n) is 4.53. The number of carboxylic acids is 1. The molecule has 1 unspecified atom stereocenters. The summed E-state index contributed by atoms with van der Waals surface area (Å²) in [5, 5.41) is 18.1. The summed E-state index contributed by atoms with van der Waals surface area (Å²) in [6.07, 6.45) is 3.48. The fourth-order valence-electron chi connectivity index (χ4n) is 1.76. The number of amides is 2. The van der Waals surface area contributed by atoms with Gasteiger partial charge in [0.25, 0.3) is 0 Å². The molecule has 112 valence electrons. The topological polar surface area (TPSA) is 109 Å². The van der Waals surface area contributed by atoms with Crippen LogP contribution >= 0.6 is 0 Å². The Bertz CT molecular complexity index is 605. The van der Waals surface area contributed by atoms with Crippen LogP contribution in [0.15, 0.2) is 35.0 Å². The highest BCUT2D eigenvalue weighted by Gasteiger charge is 2.11. The predicted octanol–water partition coefficient (Wildman–Crippen LogP) is 1.06. The van der Waals surface area contributed by atoms with E-state index >= 15 is 0 Å². The molecule has 21 heavy (non-hydrogen) atoms. The first-order chi connectivity index (χ1) is 10.0. The maximum atomic E-state index is 11.7. The van der Waals surface area contributed by atoms with Crippen molar-refractivity contribution in [3.63, 3.8) is 0 Å². The van der Waals surface area contributed by atoms with Crippen LogP contribution in [-0.4, -0.2) is 32.9 Å². The fraction of sp³-hybridized carbons (Fsp3) is 0.308. The van der Waals surface area contributed by atoms with Crippen molar-refractivity contribution < 1.29 is 19.1 Å². The molecule has 0 spiro atoms. The summed E-state index contributed by atoms with van der Waals surface area (Å²) in [7, 11) is 0. The number of furan rings is 1. The van der Waals surface area contributed by atoms with Gasteiger partial charge in [-0.15, -0.1) is 0 Å². The molecule has 2 aromatic heterocycles. The molecule has 2 heterocycles. The molecule has 2 rings (SSSR count). The second-order valence-corrected chi connectivity index (χ2v) is 4.53. The van der Waals surface area contributed by atoms with Gasteiger partial charge in [-0.2, -0.15) is 5.10 Å². The number of hydrogen-bond donors (Lipinski definition) is 3. The van der Waals surface area contributed by atoms with Gasteiger partial charge in [-0.05, 0) is 25.1 Å². The molecule has 0 aromatic carbocycles. The van der Waals surface area contributed by atoms with E-state index in [1.165, 1.54) is 12.1 Å². The van der Waals surface area contributed by atoms with Crippen molar-refractivity contribution in [3.8, 4) is 0 Å². The maximum Gasteiger partial charge on any atom is 0.371 e. The predicted molar refractivity (Wildman–Crippen MR) is 72.7 cm³/mol. The van der Waals surface area contributed by atoms with Gasteiger partial charge < -0.3 is 20.2 Å². The van der Waals surface area contributed by atoms with Crippen LogP contribution in [-0.2, 0) is 13.1 Å². The van der Waals surface area contributed by atoms with Gasteiger partial charge in [-0.25, -0.2) is 9.59 Å². The van der Waals surface area contributed by atoms with Crippen LogP contribution in [0.5, 0.6) is 0 Å². The highest BCUT2D eigenvalue weighted by atomic mass is 16.4. The number of carboxylic acid groups (broad SMARTS) is 1. The van der Waals surface area contributed by atoms with Crippen LogP contribution < -0.4 is 10.6 Å². The molecule has 0 fully saturated rings. The van der Waals surface area contributed by atoms with E-state index in [1.54, 1.807) is 10.9 Å². The molecule has 2 amide bonds. The van der Waals surface area contributed by atoms with Crippen LogP contribution in [0.3, 0.4) is 0 Å². The number of carbonyl (C=O) groups is 2. The van der Waals surface area contributed by atoms with Gasteiger partial charge in [0.05, 0.1) is 13.1 Å². The second kappa shape index (κ2) is 6.60. The number of rotatable bonds is 6. The van der Waals surface area contributed by atoms with Crippen molar-refractivity contribution in [2.75, 3.05) is 0 Å². The Balaban J connectivity index is 1.75. The SMILES string of the molecule is CC(Cn1cccn1)NC(=O)NCc1ccc(C(=O)O)o1. The molecule has 8 nitrogen and oxygen atoms in total. The number of hydrogen-bond acceptors (Lipinski definition) is 4. The smallest absolute Gasteiger partial charge is 0.371 e. The lowest BCUT2D eigenvalue weighted by atomic mass is 10.3. The molecular formula is C13H16N4O4. The minimum atomic E-state index is -1.14. The normalized spacial score (nSPS) is 11.9. The van der Waals surface area contributed by atoms with Crippen molar-refractivity contribution >= 4 is 12.0 Å². The third-order valence-electron chi connectivity index (χ3n) is 2.69. The van der Waals surface area contributed by atoms with Gasteiger partial charge in [-0.3, -0.25) is 4.68 Å². The maximum absolute atomic E-state index is 11.7. The quantitative estimate of drug-likeness (QED) is 0.737. The van der Waals surface area contributed by atoms with Gasteiger partial charge in [0, 0.05) is 18.4 Å². The van der Waals surface area contributed by atoms with Crippen LogP contribution in [0.4, 0.5) is 4.79 Å². The molecule has 0 aliphatic heterocycles. The summed E-state index contributed by atoms with van der Waals surface area (Å²) in [4.78, 5) is 22.3. The fourth-order valence-corrected chi connectivity index (χ4v) is 1.76. The van der Waals surface area contributed by atoms with Crippen LogP contribution in [0, 0.1) is 0 Å². The van der Waals surface area contributed by atoms with Crippen molar-refractivity contribution in [1.29, 1.82) is 0 Å². The summed E-state index contributed by atoms with van der Waals surface area (Å²) in [5.41, 5.74) is 0. The molecule has 0 radical (unpaired) electrons. The Morgan fingerprint density at radius 3 is 2.90 bits per heavy atom. The highest BCUT2D eigenvalue weighted by Crippen LogP contribution is 2.07. The van der Waals surface area contributed by atoms with Gasteiger partial charge in [0.2, 0.25) is 5.76 Å². The van der Waals surface area contributed by atoms with E-state index in [0.29, 0.717) is 12.3 Å². The van der Waals surface area contributed by atoms with Crippen molar-refractivity contribution in [1.82, 2.24) is 20.4 Å². The van der Waals surface area contributed by atoms with Gasteiger partial charge in [0.1, 0.15) is 5.76 Å². The number of aromatic nitrogens is 2. The van der Waals surface area contributed by atoms with Crippen LogP contribution in [0.1, 0.15) is 23.2 Å². The van der Waals surface area contributed by atoms with Crippen molar-refractivity contribution in [2.24, 2.45) is 0 Å². The standard InChI is InChI=1S/C13H16N4O4/c1-9(8-17-6-2-5-15-17)16-13(20)14-7-10-3-4-11(21-10)12(18)19/h2-6,9H,7-8H2,1H3,(H,18,19)(H2,14,16,20). The first-order valence-corrected chi connectivity index (χ1v) is 6.38. The first-order valence-electron chi connectivity index (χ1n) is 6.38. The molecule has 0 saturated heterocycles. The number of urea groups is 1. The Morgan fingerprint density at radius 2 is 2.29 bits per heavy atom. The summed E-state index contributed by atoms with van der Waals surface area (Å²) in [6, 6.07) is 4.21. The lowest BCUT2D eigenvalue weighted by Gasteiger charge is -2.14. The van der Waals surface area contributed by atoms with Gasteiger partial charge in [0.15, 0.2) is 0 Å². The summed E-state index contributed by atoms with van der Waals surface area (Å²) in [6.45, 7) is 2.54. The molecule has 0 saturated carbocycles. The van der Waals surface area contributed by atoms with Crippen LogP contribution in [0.2, 0.25) is 0 Å². The molecule has 0 aliphatic carbocycles. The minimum Gasteiger partial charge on any atom is -0.475 e. The summed E-state index contributed by atoms with van der Waals surface area (Å²) in [5.74, 6) is -0.917. The Hall–Kier alpha value is -2.77. The van der Waals surface area contributed by atoms with E-state index in [1.807, 2.05) is 19.2 Å². The molecule has 3 N–H and O–H groups in total. The third-order valence-corrected chi connectivity index (χ3v) is 2.69. The molecular weight excluding hydrogens is 276 g/mol. The average molecular weight is 292 g/mol. The number of aromatic carboxylic acids is 1. The molecule has 0 aliphatic rings. The number of carbonyl (C=O) groups excluding carboxylic acids is 1. The van der Waals surface area contributed by atoms with E-state index < -0.39 is 5.97 Å². The van der Waals surface area contributed by atoms with Crippen molar-refractivity contribution in [2.45, 2.75) is 26.1 Å². The zero-order chi connectivity index (χ0) is 15.2. The Morgan fingerprint density at radius 1 is 1.48 bits per heavy atom. The van der Waals surface area contributed by atoms with E-state index in [9.17, 15) is 9.59 Å². The van der Waals surface area contributed by atoms with E-state index in [0.717, 1.165) is 0 Å². The van der Waals surface area contributed by atoms with Gasteiger partial charge >= 0.3 is 12.0 Å². The van der Waals surface area contributed by atoms with Crippen molar-refractivity contribution in [3.05, 3.63) is 42.1 Å². The zero-order valence-corrected chi connectivity index (χ0v) is 11.4. The molecule has 1 atom stereocenters. The number of nitrogens with one attached hydrogen (secondary N) is 2. The third kappa shape index (κ3) is 4.37. The number of nitrogens with zero attached hydrogens (tertiary/aromatic N) is 2. The lowest BCUT2D eigenvalue weighted by molar-refractivity contribution is 0.0660. The average Bonchev–Trinajstić information content (AvgIpc) is 3.06. The minimum absolute atomic E-state index is 0.101. The molecule has 8 heteroatoms. The summed E-state index contributed by atoms with van der Waals surface area (Å²) >= 11 is 0. The Labute approximate surface area is 120 Å².